The van der Waals surface area contributed by atoms with Crippen LogP contribution in [0.3, 0.4) is 0 Å². The summed E-state index contributed by atoms with van der Waals surface area (Å²) in [5, 5.41) is 2.62. The fourth-order valence-electron chi connectivity index (χ4n) is 2.32. The zero-order chi connectivity index (χ0) is 19.2. The number of nitrogens with one attached hydrogen (secondary N) is 1. The predicted octanol–water partition coefficient (Wildman–Crippen LogP) is 2.09. The minimum absolute atomic E-state index is 0.192. The maximum Gasteiger partial charge on any atom is 0.235 e. The normalized spacial score (nSPS) is 11.5. The molecule has 140 valence electrons. The van der Waals surface area contributed by atoms with Crippen LogP contribution in [0.4, 0.5) is 8.78 Å². The quantitative estimate of drug-likeness (QED) is 0.760. The summed E-state index contributed by atoms with van der Waals surface area (Å²) in [4.78, 5) is 12.0. The number of carbonyl (C=O) groups is 1. The van der Waals surface area contributed by atoms with Crippen LogP contribution in [0.25, 0.3) is 0 Å². The summed E-state index contributed by atoms with van der Waals surface area (Å²) in [5.74, 6) is -1.36. The van der Waals surface area contributed by atoms with Crippen molar-refractivity contribution in [3.8, 4) is 0 Å². The Morgan fingerprint density at radius 1 is 1.08 bits per heavy atom. The van der Waals surface area contributed by atoms with Gasteiger partial charge in [0.25, 0.3) is 0 Å². The first kappa shape index (κ1) is 20.0. The molecule has 0 aliphatic rings. The minimum atomic E-state index is -3.69. The third kappa shape index (κ3) is 6.20. The van der Waals surface area contributed by atoms with Crippen LogP contribution < -0.4 is 5.32 Å². The molecule has 2 rings (SSSR count). The average molecular weight is 382 g/mol. The van der Waals surface area contributed by atoms with E-state index in [4.69, 9.17) is 0 Å². The number of amides is 1. The smallest absolute Gasteiger partial charge is 0.235 e. The lowest BCUT2D eigenvalue weighted by Crippen LogP contribution is -2.40. The van der Waals surface area contributed by atoms with Crippen LogP contribution in [-0.4, -0.2) is 38.0 Å². The summed E-state index contributed by atoms with van der Waals surface area (Å²) in [6.45, 7) is -0.352. The molecular formula is C18H20F2N2O3S. The van der Waals surface area contributed by atoms with Gasteiger partial charge in [0.1, 0.15) is 11.6 Å². The molecule has 0 fully saturated rings. The topological polar surface area (TPSA) is 66.5 Å². The Morgan fingerprint density at radius 3 is 2.35 bits per heavy atom. The van der Waals surface area contributed by atoms with Gasteiger partial charge in [0, 0.05) is 18.7 Å². The zero-order valence-electron chi connectivity index (χ0n) is 14.3. The highest BCUT2D eigenvalue weighted by Crippen LogP contribution is 2.12. The van der Waals surface area contributed by atoms with Crippen LogP contribution in [0, 0.1) is 11.6 Å². The highest BCUT2D eigenvalue weighted by Gasteiger charge is 2.21. The molecule has 0 bridgehead atoms. The molecule has 0 aliphatic carbocycles. The van der Waals surface area contributed by atoms with Gasteiger partial charge in [0.15, 0.2) is 0 Å². The molecular weight excluding hydrogens is 362 g/mol. The Hall–Kier alpha value is -2.32. The van der Waals surface area contributed by atoms with Crippen molar-refractivity contribution in [2.45, 2.75) is 13.0 Å². The van der Waals surface area contributed by atoms with E-state index in [-0.39, 0.29) is 24.5 Å². The van der Waals surface area contributed by atoms with Crippen LogP contribution in [0.5, 0.6) is 0 Å². The molecule has 0 aliphatic heterocycles. The van der Waals surface area contributed by atoms with Crippen LogP contribution in [0.15, 0.2) is 48.5 Å². The molecule has 0 heterocycles. The Morgan fingerprint density at radius 2 is 1.73 bits per heavy atom. The molecule has 2 aromatic rings. The van der Waals surface area contributed by atoms with E-state index in [1.165, 1.54) is 30.3 Å². The lowest BCUT2D eigenvalue weighted by atomic mass is 10.1. The van der Waals surface area contributed by atoms with Crippen LogP contribution >= 0.6 is 0 Å². The van der Waals surface area contributed by atoms with Gasteiger partial charge in [-0.1, -0.05) is 30.3 Å². The Bertz CT molecular complexity index is 855. The van der Waals surface area contributed by atoms with Crippen LogP contribution in [0.2, 0.25) is 0 Å². The third-order valence-electron chi connectivity index (χ3n) is 3.74. The van der Waals surface area contributed by atoms with Crippen LogP contribution in [0.1, 0.15) is 11.1 Å². The molecule has 5 nitrogen and oxygen atoms in total. The average Bonchev–Trinajstić information content (AvgIpc) is 2.57. The molecule has 0 saturated carbocycles. The number of nitrogens with zero attached hydrogens (tertiary/aromatic N) is 1. The first-order valence-electron chi connectivity index (χ1n) is 7.95. The second-order valence-corrected chi connectivity index (χ2v) is 7.83. The number of halogens is 2. The van der Waals surface area contributed by atoms with Crippen molar-refractivity contribution in [1.82, 2.24) is 9.62 Å². The zero-order valence-corrected chi connectivity index (χ0v) is 15.1. The molecule has 0 unspecified atom stereocenters. The van der Waals surface area contributed by atoms with Crippen LogP contribution in [-0.2, 0) is 27.8 Å². The van der Waals surface area contributed by atoms with E-state index >= 15 is 0 Å². The maximum atomic E-state index is 13.7. The standard InChI is InChI=1S/C18H20F2N2O3S/c1-26(24,25)22(12-15-4-2-3-5-17(15)20)13-18(23)21-11-10-14-6-8-16(19)9-7-14/h2-9H,10-13H2,1H3,(H,21,23). The summed E-state index contributed by atoms with van der Waals surface area (Å²) in [7, 11) is -3.69. The van der Waals surface area contributed by atoms with Crippen molar-refractivity contribution in [2.24, 2.45) is 0 Å². The highest BCUT2D eigenvalue weighted by molar-refractivity contribution is 7.88. The molecule has 26 heavy (non-hydrogen) atoms. The van der Waals surface area contributed by atoms with Gasteiger partial charge in [-0.2, -0.15) is 4.31 Å². The summed E-state index contributed by atoms with van der Waals surface area (Å²) in [6.07, 6.45) is 1.46. The minimum Gasteiger partial charge on any atom is -0.355 e. The lowest BCUT2D eigenvalue weighted by Gasteiger charge is -2.20. The maximum absolute atomic E-state index is 13.7. The number of hydrogen-bond donors (Lipinski definition) is 1. The monoisotopic (exact) mass is 382 g/mol. The van der Waals surface area contributed by atoms with Gasteiger partial charge in [0.05, 0.1) is 12.8 Å². The van der Waals surface area contributed by atoms with Crippen molar-refractivity contribution in [3.63, 3.8) is 0 Å². The predicted molar refractivity (Wildman–Crippen MR) is 94.8 cm³/mol. The van der Waals surface area contributed by atoms with E-state index in [0.717, 1.165) is 16.1 Å². The fraction of sp³-hybridized carbons (Fsp3) is 0.278. The van der Waals surface area contributed by atoms with Gasteiger partial charge in [-0.15, -0.1) is 0 Å². The number of hydrogen-bond acceptors (Lipinski definition) is 3. The number of benzene rings is 2. The SMILES string of the molecule is CS(=O)(=O)N(CC(=O)NCCc1ccc(F)cc1)Cc1ccccc1F. The highest BCUT2D eigenvalue weighted by atomic mass is 32.2. The van der Waals surface area contributed by atoms with Gasteiger partial charge >= 0.3 is 0 Å². The van der Waals surface area contributed by atoms with Gasteiger partial charge in [-0.05, 0) is 30.2 Å². The fourth-order valence-corrected chi connectivity index (χ4v) is 3.05. The summed E-state index contributed by atoms with van der Waals surface area (Å²) >= 11 is 0. The van der Waals surface area contributed by atoms with Gasteiger partial charge < -0.3 is 5.32 Å². The third-order valence-corrected chi connectivity index (χ3v) is 4.94. The largest absolute Gasteiger partial charge is 0.355 e. The lowest BCUT2D eigenvalue weighted by molar-refractivity contribution is -0.121. The van der Waals surface area contributed by atoms with E-state index in [1.807, 2.05) is 0 Å². The van der Waals surface area contributed by atoms with Crippen molar-refractivity contribution in [2.75, 3.05) is 19.3 Å². The molecule has 0 saturated heterocycles. The second kappa shape index (κ2) is 8.86. The number of carbonyl (C=O) groups excluding carboxylic acids is 1. The second-order valence-electron chi connectivity index (χ2n) is 5.85. The van der Waals surface area contributed by atoms with Gasteiger partial charge in [0.2, 0.25) is 15.9 Å². The molecule has 0 spiro atoms. The first-order chi connectivity index (χ1) is 12.3. The molecule has 0 radical (unpaired) electrons. The summed E-state index contributed by atoms with van der Waals surface area (Å²) < 4.78 is 51.3. The van der Waals surface area contributed by atoms with Crippen molar-refractivity contribution >= 4 is 15.9 Å². The van der Waals surface area contributed by atoms with E-state index in [2.05, 4.69) is 5.32 Å². The molecule has 1 N–H and O–H groups in total. The van der Waals surface area contributed by atoms with E-state index in [1.54, 1.807) is 18.2 Å². The van der Waals surface area contributed by atoms with E-state index in [9.17, 15) is 22.0 Å². The summed E-state index contributed by atoms with van der Waals surface area (Å²) in [6, 6.07) is 11.7. The van der Waals surface area contributed by atoms with Gasteiger partial charge in [-0.3, -0.25) is 4.79 Å². The number of sulfonamides is 1. The first-order valence-corrected chi connectivity index (χ1v) is 9.80. The van der Waals surface area contributed by atoms with Gasteiger partial charge in [-0.25, -0.2) is 17.2 Å². The molecule has 1 amide bonds. The van der Waals surface area contributed by atoms with Crippen molar-refractivity contribution in [3.05, 3.63) is 71.3 Å². The van der Waals surface area contributed by atoms with Crippen molar-refractivity contribution < 1.29 is 22.0 Å². The molecule has 0 atom stereocenters. The Labute approximate surface area is 151 Å². The molecule has 2 aromatic carbocycles. The Balaban J connectivity index is 1.92. The Kier molecular flexibility index (Phi) is 6.82. The van der Waals surface area contributed by atoms with E-state index in [0.29, 0.717) is 6.42 Å². The van der Waals surface area contributed by atoms with E-state index < -0.39 is 28.3 Å². The number of rotatable bonds is 8. The van der Waals surface area contributed by atoms with Crippen molar-refractivity contribution in [1.29, 1.82) is 0 Å². The summed E-state index contributed by atoms with van der Waals surface area (Å²) in [5.41, 5.74) is 1.04. The molecule has 8 heteroatoms. The molecule has 0 aromatic heterocycles.